The molecule has 1 saturated carbocycles. The molecule has 1 fully saturated rings. The number of nitrogens with zero attached hydrogens (tertiary/aromatic N) is 1. The minimum atomic E-state index is -0.917. The molecule has 0 aliphatic heterocycles. The lowest BCUT2D eigenvalue weighted by molar-refractivity contribution is -0.573. The number of nitro groups is 1. The summed E-state index contributed by atoms with van der Waals surface area (Å²) >= 11 is 0. The molecule has 0 aromatic heterocycles. The first-order valence-electron chi connectivity index (χ1n) is 4.29. The molecular formula is C8H13NO3. The van der Waals surface area contributed by atoms with E-state index < -0.39 is 5.54 Å². The van der Waals surface area contributed by atoms with Gasteiger partial charge in [0.15, 0.2) is 0 Å². The second kappa shape index (κ2) is 3.65. The van der Waals surface area contributed by atoms with Crippen molar-refractivity contribution >= 4 is 6.29 Å². The van der Waals surface area contributed by atoms with Gasteiger partial charge in [0.25, 0.3) is 0 Å². The van der Waals surface area contributed by atoms with Gasteiger partial charge in [-0.15, -0.1) is 0 Å². The normalized spacial score (nSPS) is 21.7. The highest BCUT2D eigenvalue weighted by atomic mass is 16.6. The fourth-order valence-electron chi connectivity index (χ4n) is 1.83. The van der Waals surface area contributed by atoms with Crippen molar-refractivity contribution in [1.82, 2.24) is 0 Å². The second-order valence-corrected chi connectivity index (χ2v) is 3.41. The maximum absolute atomic E-state index is 10.7. The number of aldehydes is 1. The Morgan fingerprint density at radius 2 is 1.92 bits per heavy atom. The molecule has 0 amide bonds. The Bertz CT molecular complexity index is 185. The van der Waals surface area contributed by atoms with Crippen molar-refractivity contribution < 1.29 is 9.72 Å². The Kier molecular flexibility index (Phi) is 2.78. The molecule has 0 unspecified atom stereocenters. The van der Waals surface area contributed by atoms with Crippen LogP contribution in [-0.4, -0.2) is 16.7 Å². The van der Waals surface area contributed by atoms with E-state index in [2.05, 4.69) is 0 Å². The Hall–Kier alpha value is -0.930. The number of hydrogen-bond acceptors (Lipinski definition) is 3. The van der Waals surface area contributed by atoms with Gasteiger partial charge in [0.05, 0.1) is 6.42 Å². The zero-order chi connectivity index (χ0) is 9.03. The van der Waals surface area contributed by atoms with Crippen LogP contribution in [0.1, 0.15) is 38.5 Å². The predicted octanol–water partition coefficient (Wildman–Crippen LogP) is 1.55. The van der Waals surface area contributed by atoms with Gasteiger partial charge in [0, 0.05) is 17.8 Å². The highest BCUT2D eigenvalue weighted by Crippen LogP contribution is 2.32. The molecule has 0 heterocycles. The molecule has 68 valence electrons. The van der Waals surface area contributed by atoms with Crippen molar-refractivity contribution in [3.05, 3.63) is 10.1 Å². The minimum Gasteiger partial charge on any atom is -0.303 e. The predicted molar refractivity (Wildman–Crippen MR) is 43.5 cm³/mol. The molecule has 12 heavy (non-hydrogen) atoms. The average Bonchev–Trinajstić information content (AvgIpc) is 2.06. The molecule has 4 nitrogen and oxygen atoms in total. The van der Waals surface area contributed by atoms with Gasteiger partial charge in [-0.3, -0.25) is 10.1 Å². The number of carbonyl (C=O) groups is 1. The third kappa shape index (κ3) is 1.62. The molecule has 0 radical (unpaired) electrons. The summed E-state index contributed by atoms with van der Waals surface area (Å²) < 4.78 is 0. The van der Waals surface area contributed by atoms with Crippen LogP contribution in [0.2, 0.25) is 0 Å². The molecular weight excluding hydrogens is 158 g/mol. The fraction of sp³-hybridized carbons (Fsp3) is 0.875. The first kappa shape index (κ1) is 9.16. The molecule has 1 aliphatic rings. The maximum atomic E-state index is 10.7. The lowest BCUT2D eigenvalue weighted by Gasteiger charge is -2.26. The first-order valence-corrected chi connectivity index (χ1v) is 4.29. The van der Waals surface area contributed by atoms with Crippen molar-refractivity contribution in [3.8, 4) is 0 Å². The van der Waals surface area contributed by atoms with Gasteiger partial charge in [-0.25, -0.2) is 0 Å². The molecule has 0 atom stereocenters. The molecule has 0 saturated heterocycles. The van der Waals surface area contributed by atoms with Crippen molar-refractivity contribution in [3.63, 3.8) is 0 Å². The maximum Gasteiger partial charge on any atom is 0.228 e. The van der Waals surface area contributed by atoms with E-state index in [1.54, 1.807) is 0 Å². The fourth-order valence-corrected chi connectivity index (χ4v) is 1.83. The van der Waals surface area contributed by atoms with Gasteiger partial charge in [0.1, 0.15) is 6.29 Å². The average molecular weight is 171 g/mol. The van der Waals surface area contributed by atoms with E-state index in [1.165, 1.54) is 0 Å². The van der Waals surface area contributed by atoms with Crippen molar-refractivity contribution in [2.45, 2.75) is 44.1 Å². The van der Waals surface area contributed by atoms with Crippen molar-refractivity contribution in [1.29, 1.82) is 0 Å². The summed E-state index contributed by atoms with van der Waals surface area (Å²) in [4.78, 5) is 20.7. The second-order valence-electron chi connectivity index (χ2n) is 3.41. The lowest BCUT2D eigenvalue weighted by Crippen LogP contribution is -2.40. The van der Waals surface area contributed by atoms with Crippen LogP contribution in [-0.2, 0) is 4.79 Å². The Morgan fingerprint density at radius 3 is 2.33 bits per heavy atom. The molecule has 1 aliphatic carbocycles. The van der Waals surface area contributed by atoms with Gasteiger partial charge < -0.3 is 4.79 Å². The van der Waals surface area contributed by atoms with E-state index in [4.69, 9.17) is 0 Å². The SMILES string of the molecule is O=CCC1([N+](=O)[O-])CCCCC1. The van der Waals surface area contributed by atoms with E-state index in [1.807, 2.05) is 0 Å². The summed E-state index contributed by atoms with van der Waals surface area (Å²) in [7, 11) is 0. The largest absolute Gasteiger partial charge is 0.303 e. The topological polar surface area (TPSA) is 60.2 Å². The number of carbonyl (C=O) groups excluding carboxylic acids is 1. The standard InChI is InChI=1S/C8H13NO3/c10-7-6-8(9(11)12)4-2-1-3-5-8/h7H,1-6H2. The van der Waals surface area contributed by atoms with Crippen LogP contribution >= 0.6 is 0 Å². The quantitative estimate of drug-likeness (QED) is 0.367. The van der Waals surface area contributed by atoms with Crippen LogP contribution in [0, 0.1) is 10.1 Å². The van der Waals surface area contributed by atoms with Crippen LogP contribution in [0.15, 0.2) is 0 Å². The molecule has 1 rings (SSSR count). The summed E-state index contributed by atoms with van der Waals surface area (Å²) in [5.74, 6) is 0. The molecule has 4 heteroatoms. The Labute approximate surface area is 71.1 Å². The van der Waals surface area contributed by atoms with Crippen LogP contribution in [0.4, 0.5) is 0 Å². The highest BCUT2D eigenvalue weighted by Gasteiger charge is 2.43. The van der Waals surface area contributed by atoms with Crippen LogP contribution in [0.25, 0.3) is 0 Å². The van der Waals surface area contributed by atoms with E-state index >= 15 is 0 Å². The van der Waals surface area contributed by atoms with Gasteiger partial charge in [-0.2, -0.15) is 0 Å². The van der Waals surface area contributed by atoms with E-state index in [0.717, 1.165) is 19.3 Å². The highest BCUT2D eigenvalue weighted by molar-refractivity contribution is 5.51. The van der Waals surface area contributed by atoms with E-state index in [-0.39, 0.29) is 11.3 Å². The first-order chi connectivity index (χ1) is 5.71. The Balaban J connectivity index is 2.69. The Morgan fingerprint density at radius 1 is 1.33 bits per heavy atom. The van der Waals surface area contributed by atoms with E-state index in [0.29, 0.717) is 19.1 Å². The molecule has 0 aromatic carbocycles. The summed E-state index contributed by atoms with van der Waals surface area (Å²) in [6.07, 6.45) is 4.73. The zero-order valence-electron chi connectivity index (χ0n) is 6.99. The van der Waals surface area contributed by atoms with Crippen molar-refractivity contribution in [2.24, 2.45) is 0 Å². The molecule has 0 spiro atoms. The third-order valence-corrected chi connectivity index (χ3v) is 2.63. The molecule has 0 N–H and O–H groups in total. The monoisotopic (exact) mass is 171 g/mol. The molecule has 0 bridgehead atoms. The summed E-state index contributed by atoms with van der Waals surface area (Å²) in [5, 5.41) is 10.7. The van der Waals surface area contributed by atoms with Gasteiger partial charge in [0.2, 0.25) is 5.54 Å². The van der Waals surface area contributed by atoms with E-state index in [9.17, 15) is 14.9 Å². The summed E-state index contributed by atoms with van der Waals surface area (Å²) in [5.41, 5.74) is -0.917. The smallest absolute Gasteiger partial charge is 0.228 e. The summed E-state index contributed by atoms with van der Waals surface area (Å²) in [6, 6.07) is 0. The van der Waals surface area contributed by atoms with Gasteiger partial charge in [-0.1, -0.05) is 6.42 Å². The van der Waals surface area contributed by atoms with Crippen LogP contribution in [0.5, 0.6) is 0 Å². The number of rotatable bonds is 3. The van der Waals surface area contributed by atoms with Crippen LogP contribution < -0.4 is 0 Å². The molecule has 0 aromatic rings. The van der Waals surface area contributed by atoms with Gasteiger partial charge >= 0.3 is 0 Å². The lowest BCUT2D eigenvalue weighted by atomic mass is 9.80. The van der Waals surface area contributed by atoms with Crippen LogP contribution in [0.3, 0.4) is 0 Å². The zero-order valence-corrected chi connectivity index (χ0v) is 6.99. The van der Waals surface area contributed by atoms with Crippen molar-refractivity contribution in [2.75, 3.05) is 0 Å². The third-order valence-electron chi connectivity index (χ3n) is 2.63. The minimum absolute atomic E-state index is 0.0833. The van der Waals surface area contributed by atoms with Gasteiger partial charge in [-0.05, 0) is 12.8 Å². The number of hydrogen-bond donors (Lipinski definition) is 0. The summed E-state index contributed by atoms with van der Waals surface area (Å²) in [6.45, 7) is 0.